The van der Waals surface area contributed by atoms with E-state index in [4.69, 9.17) is 9.47 Å². The number of hydrogen-bond donors (Lipinski definition) is 0. The van der Waals surface area contributed by atoms with Crippen molar-refractivity contribution in [1.82, 2.24) is 0 Å². The number of carbonyl (C=O) groups is 4. The predicted octanol–water partition coefficient (Wildman–Crippen LogP) is 3.28. The third-order valence-corrected chi connectivity index (χ3v) is 5.71. The van der Waals surface area contributed by atoms with Crippen LogP contribution in [0, 0.1) is 11.3 Å². The Kier molecular flexibility index (Phi) is 5.86. The van der Waals surface area contributed by atoms with Crippen LogP contribution in [-0.4, -0.2) is 37.0 Å². The second kappa shape index (κ2) is 8.19. The highest BCUT2D eigenvalue weighted by atomic mass is 16.5. The van der Waals surface area contributed by atoms with Gasteiger partial charge in [-0.2, -0.15) is 0 Å². The number of nitrogens with zero attached hydrogens (tertiary/aromatic N) is 1. The summed E-state index contributed by atoms with van der Waals surface area (Å²) in [5.41, 5.74) is 1.19. The van der Waals surface area contributed by atoms with Crippen molar-refractivity contribution in [2.45, 2.75) is 40.0 Å². The minimum atomic E-state index is -0.753. The van der Waals surface area contributed by atoms with Gasteiger partial charge in [0, 0.05) is 0 Å². The normalized spacial score (nSPS) is 23.1. The smallest absolute Gasteiger partial charge is 0.313 e. The summed E-state index contributed by atoms with van der Waals surface area (Å²) in [5, 5.41) is 0. The number of carbonyl (C=O) groups excluding carboxylic acids is 4. The molecule has 1 aromatic rings. The quantitative estimate of drug-likeness (QED) is 0.429. The van der Waals surface area contributed by atoms with Gasteiger partial charge in [-0.3, -0.25) is 19.2 Å². The summed E-state index contributed by atoms with van der Waals surface area (Å²) in [6, 6.07) is 5.26. The van der Waals surface area contributed by atoms with Gasteiger partial charge < -0.3 is 9.47 Å². The van der Waals surface area contributed by atoms with E-state index >= 15 is 0 Å². The van der Waals surface area contributed by atoms with Crippen LogP contribution in [0.25, 0.3) is 0 Å². The number of rotatable bonds is 5. The first kappa shape index (κ1) is 20.8. The highest BCUT2D eigenvalue weighted by Gasteiger charge is 2.50. The van der Waals surface area contributed by atoms with Crippen molar-refractivity contribution in [1.29, 1.82) is 0 Å². The summed E-state index contributed by atoms with van der Waals surface area (Å²) in [5.74, 6) is -1.30. The van der Waals surface area contributed by atoms with Crippen LogP contribution in [0.15, 0.2) is 30.4 Å². The Bertz CT molecular complexity index is 889. The number of anilines is 1. The van der Waals surface area contributed by atoms with Gasteiger partial charge in [-0.15, -0.1) is 0 Å². The number of benzene rings is 1. The number of imide groups is 1. The van der Waals surface area contributed by atoms with E-state index in [-0.39, 0.29) is 23.8 Å². The van der Waals surface area contributed by atoms with Crippen molar-refractivity contribution < 1.29 is 28.7 Å². The molecular weight excluding hydrogens is 374 g/mol. The van der Waals surface area contributed by atoms with E-state index in [0.717, 1.165) is 5.69 Å². The number of allylic oxidation sites excluding steroid dienone is 2. The molecule has 0 N–H and O–H groups in total. The Balaban J connectivity index is 0.000000183. The SMILES string of the molecule is CCOC(=O)C1CC=CCC1(CC)C(=O)OCC.O=C1c2cccc3c2C(=O)N13. The molecule has 0 radical (unpaired) electrons. The van der Waals surface area contributed by atoms with Crippen LogP contribution in [0.4, 0.5) is 5.69 Å². The molecule has 5 rings (SSSR count). The maximum atomic E-state index is 12.2. The molecule has 7 nitrogen and oxygen atoms in total. The van der Waals surface area contributed by atoms with Crippen LogP contribution >= 0.6 is 0 Å². The minimum Gasteiger partial charge on any atom is -0.466 e. The van der Waals surface area contributed by atoms with Gasteiger partial charge in [0.2, 0.25) is 0 Å². The van der Waals surface area contributed by atoms with E-state index in [0.29, 0.717) is 43.6 Å². The molecule has 1 aliphatic carbocycles. The van der Waals surface area contributed by atoms with Gasteiger partial charge in [0.05, 0.1) is 41.4 Å². The Morgan fingerprint density at radius 2 is 1.79 bits per heavy atom. The molecule has 0 fully saturated rings. The summed E-state index contributed by atoms with van der Waals surface area (Å²) in [6.45, 7) is 6.14. The van der Waals surface area contributed by atoms with Crippen molar-refractivity contribution >= 4 is 29.4 Å². The molecule has 1 aromatic carbocycles. The topological polar surface area (TPSA) is 90.0 Å². The molecule has 3 aliphatic heterocycles. The van der Waals surface area contributed by atoms with Crippen LogP contribution in [0.3, 0.4) is 0 Å². The second-order valence-electron chi connectivity index (χ2n) is 7.09. The first-order valence-electron chi connectivity index (χ1n) is 9.93. The van der Waals surface area contributed by atoms with Crippen LogP contribution in [0.5, 0.6) is 0 Å². The van der Waals surface area contributed by atoms with Crippen LogP contribution < -0.4 is 4.90 Å². The van der Waals surface area contributed by atoms with Crippen molar-refractivity contribution in [2.24, 2.45) is 11.3 Å². The zero-order chi connectivity index (χ0) is 21.2. The third kappa shape index (κ3) is 3.24. The fourth-order valence-electron chi connectivity index (χ4n) is 4.11. The maximum Gasteiger partial charge on any atom is 0.313 e. The van der Waals surface area contributed by atoms with Crippen molar-refractivity contribution in [3.8, 4) is 0 Å². The molecule has 7 heteroatoms. The van der Waals surface area contributed by atoms with E-state index in [9.17, 15) is 19.2 Å². The monoisotopic (exact) mass is 399 g/mol. The molecule has 2 unspecified atom stereocenters. The molecule has 29 heavy (non-hydrogen) atoms. The summed E-state index contributed by atoms with van der Waals surface area (Å²) in [7, 11) is 0. The number of amides is 2. The first-order chi connectivity index (χ1) is 13.9. The van der Waals surface area contributed by atoms with Crippen molar-refractivity contribution in [3.63, 3.8) is 0 Å². The standard InChI is InChI=1S/C14H22O4.C8H3NO2/c1-4-14(13(16)18-6-3)10-8-7-9-11(14)12(15)17-5-2;10-7-4-2-1-3-5-6(4)8(11)9(5)7/h7-8,11H,4-6,9-10H2,1-3H3;1-3H. The molecular formula is C22H25NO6. The van der Waals surface area contributed by atoms with E-state index < -0.39 is 11.3 Å². The van der Waals surface area contributed by atoms with Gasteiger partial charge >= 0.3 is 11.9 Å². The Labute approximate surface area is 169 Å². The lowest BCUT2D eigenvalue weighted by Crippen LogP contribution is -2.45. The van der Waals surface area contributed by atoms with Gasteiger partial charge in [0.25, 0.3) is 11.8 Å². The summed E-state index contributed by atoms with van der Waals surface area (Å²) in [6.07, 6.45) is 5.57. The molecule has 0 aromatic heterocycles. The van der Waals surface area contributed by atoms with Crippen molar-refractivity contribution in [2.75, 3.05) is 18.1 Å². The molecule has 0 saturated heterocycles. The minimum absolute atomic E-state index is 0.138. The van der Waals surface area contributed by atoms with E-state index in [2.05, 4.69) is 0 Å². The van der Waals surface area contributed by atoms with Gasteiger partial charge in [0.15, 0.2) is 0 Å². The number of esters is 2. The van der Waals surface area contributed by atoms with Gasteiger partial charge in [-0.25, -0.2) is 4.90 Å². The largest absolute Gasteiger partial charge is 0.466 e. The number of ether oxygens (including phenoxy) is 2. The lowest BCUT2D eigenvalue weighted by atomic mass is 9.67. The highest BCUT2D eigenvalue weighted by molar-refractivity contribution is 6.44. The van der Waals surface area contributed by atoms with Crippen LogP contribution in [0.2, 0.25) is 0 Å². The molecule has 2 atom stereocenters. The molecule has 4 aliphatic rings. The fourth-order valence-corrected chi connectivity index (χ4v) is 4.11. The lowest BCUT2D eigenvalue weighted by molar-refractivity contribution is -0.170. The Morgan fingerprint density at radius 3 is 2.38 bits per heavy atom. The first-order valence-corrected chi connectivity index (χ1v) is 9.93. The van der Waals surface area contributed by atoms with E-state index in [1.54, 1.807) is 32.0 Å². The molecule has 0 spiro atoms. The third-order valence-electron chi connectivity index (χ3n) is 5.71. The fraction of sp³-hybridized carbons (Fsp3) is 0.455. The molecule has 4 bridgehead atoms. The van der Waals surface area contributed by atoms with Gasteiger partial charge in [0.1, 0.15) is 0 Å². The molecule has 154 valence electrons. The average molecular weight is 399 g/mol. The summed E-state index contributed by atoms with van der Waals surface area (Å²) >= 11 is 0. The maximum absolute atomic E-state index is 12.2. The van der Waals surface area contributed by atoms with Crippen molar-refractivity contribution in [3.05, 3.63) is 41.5 Å². The van der Waals surface area contributed by atoms with Crippen LogP contribution in [0.1, 0.15) is 60.7 Å². The molecule has 2 amide bonds. The summed E-state index contributed by atoms with van der Waals surface area (Å²) < 4.78 is 10.2. The second-order valence-corrected chi connectivity index (χ2v) is 7.09. The van der Waals surface area contributed by atoms with E-state index in [1.165, 1.54) is 4.90 Å². The zero-order valence-corrected chi connectivity index (χ0v) is 16.9. The van der Waals surface area contributed by atoms with E-state index in [1.807, 2.05) is 19.1 Å². The highest BCUT2D eigenvalue weighted by Crippen LogP contribution is 2.44. The molecule has 3 heterocycles. The molecule has 0 saturated carbocycles. The Hall–Kier alpha value is -2.96. The zero-order valence-electron chi connectivity index (χ0n) is 16.9. The van der Waals surface area contributed by atoms with Gasteiger partial charge in [-0.1, -0.05) is 25.1 Å². The summed E-state index contributed by atoms with van der Waals surface area (Å²) in [4.78, 5) is 47.7. The lowest BCUT2D eigenvalue weighted by Gasteiger charge is -2.37. The predicted molar refractivity (Wildman–Crippen MR) is 105 cm³/mol. The average Bonchev–Trinajstić information content (AvgIpc) is 3.09. The van der Waals surface area contributed by atoms with Gasteiger partial charge in [-0.05, 0) is 45.2 Å². The number of hydrogen-bond acceptors (Lipinski definition) is 6. The van der Waals surface area contributed by atoms with Crippen LogP contribution in [-0.2, 0) is 19.1 Å². The Morgan fingerprint density at radius 1 is 1.07 bits per heavy atom.